The zero-order valence-electron chi connectivity index (χ0n) is 27.1. The number of fused-ring (bicyclic) bond motifs is 7. The van der Waals surface area contributed by atoms with Gasteiger partial charge in [-0.15, -0.1) is 0 Å². The third kappa shape index (κ3) is 4.71. The van der Waals surface area contributed by atoms with Crippen molar-refractivity contribution in [1.29, 1.82) is 0 Å². The summed E-state index contributed by atoms with van der Waals surface area (Å²) in [5, 5.41) is 8.08. The number of aromatic nitrogens is 1. The molecule has 234 valence electrons. The molecule has 0 radical (unpaired) electrons. The van der Waals surface area contributed by atoms with Gasteiger partial charge in [0.1, 0.15) is 11.1 Å². The lowest BCUT2D eigenvalue weighted by atomic mass is 9.97. The van der Waals surface area contributed by atoms with Gasteiger partial charge in [-0.05, 0) is 92.3 Å². The molecule has 0 fully saturated rings. The highest BCUT2D eigenvalue weighted by Crippen LogP contribution is 2.41. The molecule has 0 bridgehead atoms. The molecule has 0 aliphatic rings. The molecule has 10 aromatic rings. The SMILES string of the molecule is c1cc(-c2cccc3ccccc23)cc(N(c2ccc(-c3ccc4ccccc4c3)cc2)c2ccc3oc4c5ccccc5cnc4c3c2)c1. The molecule has 0 spiro atoms. The van der Waals surface area contributed by atoms with Gasteiger partial charge in [0.15, 0.2) is 5.58 Å². The van der Waals surface area contributed by atoms with Gasteiger partial charge in [0.25, 0.3) is 0 Å². The van der Waals surface area contributed by atoms with Crippen LogP contribution in [0.5, 0.6) is 0 Å². The van der Waals surface area contributed by atoms with Gasteiger partial charge in [0.05, 0.1) is 0 Å². The standard InChI is InChI=1S/C47H30N2O/c1-2-11-34-27-35(20-19-31(34)9-1)32-21-23-38(24-22-32)49(39-15-7-14-36(28-39)42-18-8-13-33-10-3-5-16-41(33)42)40-25-26-45-44(29-40)46-47(50-45)43-17-6-4-12-37(43)30-48-46/h1-30H. The molecule has 0 saturated carbocycles. The van der Waals surface area contributed by atoms with E-state index < -0.39 is 0 Å². The first-order valence-electron chi connectivity index (χ1n) is 16.9. The Kier molecular flexibility index (Phi) is 6.49. The summed E-state index contributed by atoms with van der Waals surface area (Å²) in [7, 11) is 0. The normalized spacial score (nSPS) is 11.6. The number of pyridine rings is 1. The minimum absolute atomic E-state index is 0.819. The van der Waals surface area contributed by atoms with Crippen LogP contribution >= 0.6 is 0 Å². The summed E-state index contributed by atoms with van der Waals surface area (Å²) in [6, 6.07) is 62.7. The average Bonchev–Trinajstić information content (AvgIpc) is 3.57. The second-order valence-corrected chi connectivity index (χ2v) is 12.8. The van der Waals surface area contributed by atoms with Gasteiger partial charge >= 0.3 is 0 Å². The number of hydrogen-bond acceptors (Lipinski definition) is 3. The lowest BCUT2D eigenvalue weighted by Gasteiger charge is -2.26. The molecule has 0 amide bonds. The van der Waals surface area contributed by atoms with Gasteiger partial charge in [-0.3, -0.25) is 4.98 Å². The fourth-order valence-electron chi connectivity index (χ4n) is 7.38. The van der Waals surface area contributed by atoms with Crippen LogP contribution in [0, 0.1) is 0 Å². The van der Waals surface area contributed by atoms with E-state index >= 15 is 0 Å². The summed E-state index contributed by atoms with van der Waals surface area (Å²) < 4.78 is 6.44. The smallest absolute Gasteiger partial charge is 0.161 e. The van der Waals surface area contributed by atoms with E-state index in [9.17, 15) is 0 Å². The number of benzene rings is 8. The average molecular weight is 639 g/mol. The van der Waals surface area contributed by atoms with Crippen molar-refractivity contribution >= 4 is 71.4 Å². The van der Waals surface area contributed by atoms with E-state index in [4.69, 9.17) is 9.40 Å². The third-order valence-corrected chi connectivity index (χ3v) is 9.86. The van der Waals surface area contributed by atoms with Crippen molar-refractivity contribution in [1.82, 2.24) is 4.98 Å². The highest BCUT2D eigenvalue weighted by atomic mass is 16.3. The van der Waals surface area contributed by atoms with Crippen molar-refractivity contribution in [2.45, 2.75) is 0 Å². The molecule has 8 aromatic carbocycles. The van der Waals surface area contributed by atoms with Crippen LogP contribution in [-0.4, -0.2) is 4.98 Å². The molecule has 0 atom stereocenters. The topological polar surface area (TPSA) is 29.3 Å². The lowest BCUT2D eigenvalue weighted by molar-refractivity contribution is 0.672. The van der Waals surface area contributed by atoms with E-state index in [2.05, 4.69) is 169 Å². The van der Waals surface area contributed by atoms with Gasteiger partial charge in [0.2, 0.25) is 0 Å². The molecule has 2 heterocycles. The predicted molar refractivity (Wildman–Crippen MR) is 210 cm³/mol. The van der Waals surface area contributed by atoms with Crippen molar-refractivity contribution in [3.63, 3.8) is 0 Å². The van der Waals surface area contributed by atoms with Crippen LogP contribution in [0.3, 0.4) is 0 Å². The number of rotatable bonds is 5. The van der Waals surface area contributed by atoms with Crippen LogP contribution in [0.25, 0.3) is 76.6 Å². The highest BCUT2D eigenvalue weighted by Gasteiger charge is 2.18. The maximum absolute atomic E-state index is 6.44. The molecule has 0 unspecified atom stereocenters. The van der Waals surface area contributed by atoms with Crippen LogP contribution < -0.4 is 4.90 Å². The Bertz CT molecular complexity index is 2880. The van der Waals surface area contributed by atoms with Crippen molar-refractivity contribution in [3.05, 3.63) is 182 Å². The van der Waals surface area contributed by atoms with Crippen LogP contribution in [0.4, 0.5) is 17.1 Å². The Labute approximate surface area is 289 Å². The van der Waals surface area contributed by atoms with Crippen LogP contribution in [0.15, 0.2) is 187 Å². The minimum Gasteiger partial charge on any atom is -0.454 e. The zero-order valence-corrected chi connectivity index (χ0v) is 27.1. The van der Waals surface area contributed by atoms with Crippen molar-refractivity contribution in [3.8, 4) is 22.3 Å². The summed E-state index contributed by atoms with van der Waals surface area (Å²) in [6.07, 6.45) is 1.94. The predicted octanol–water partition coefficient (Wildman–Crippen LogP) is 13.2. The minimum atomic E-state index is 0.819. The first-order chi connectivity index (χ1) is 24.8. The summed E-state index contributed by atoms with van der Waals surface area (Å²) >= 11 is 0. The Balaban J connectivity index is 1.14. The summed E-state index contributed by atoms with van der Waals surface area (Å²) in [6.45, 7) is 0. The summed E-state index contributed by atoms with van der Waals surface area (Å²) in [4.78, 5) is 7.21. The van der Waals surface area contributed by atoms with Gasteiger partial charge in [-0.2, -0.15) is 0 Å². The largest absolute Gasteiger partial charge is 0.454 e. The first-order valence-corrected chi connectivity index (χ1v) is 16.9. The van der Waals surface area contributed by atoms with E-state index in [-0.39, 0.29) is 0 Å². The number of hydrogen-bond donors (Lipinski definition) is 0. The summed E-state index contributed by atoms with van der Waals surface area (Å²) in [5.74, 6) is 0. The van der Waals surface area contributed by atoms with Crippen LogP contribution in [0.2, 0.25) is 0 Å². The Morgan fingerprint density at radius 3 is 1.96 bits per heavy atom. The van der Waals surface area contributed by atoms with E-state index in [1.807, 2.05) is 18.3 Å². The van der Waals surface area contributed by atoms with Crippen LogP contribution in [-0.2, 0) is 0 Å². The van der Waals surface area contributed by atoms with Gasteiger partial charge in [0, 0.05) is 39.4 Å². The molecule has 0 aliphatic heterocycles. The molecule has 2 aromatic heterocycles. The Morgan fingerprint density at radius 2 is 1.08 bits per heavy atom. The molecule has 3 nitrogen and oxygen atoms in total. The van der Waals surface area contributed by atoms with Gasteiger partial charge in [-0.25, -0.2) is 0 Å². The van der Waals surface area contributed by atoms with Crippen molar-refractivity contribution in [2.75, 3.05) is 4.90 Å². The molecule has 3 heteroatoms. The van der Waals surface area contributed by atoms with E-state index in [1.165, 1.54) is 43.8 Å². The fourth-order valence-corrected chi connectivity index (χ4v) is 7.38. The molecule has 0 saturated heterocycles. The van der Waals surface area contributed by atoms with Crippen molar-refractivity contribution in [2.24, 2.45) is 0 Å². The molecule has 50 heavy (non-hydrogen) atoms. The second-order valence-electron chi connectivity index (χ2n) is 12.8. The van der Waals surface area contributed by atoms with E-state index in [0.717, 1.165) is 49.9 Å². The van der Waals surface area contributed by atoms with Gasteiger partial charge < -0.3 is 9.32 Å². The number of nitrogens with zero attached hydrogens (tertiary/aromatic N) is 2. The van der Waals surface area contributed by atoms with E-state index in [0.29, 0.717) is 0 Å². The number of furan rings is 1. The Morgan fingerprint density at radius 1 is 0.400 bits per heavy atom. The molecule has 0 N–H and O–H groups in total. The molecular formula is C47H30N2O. The molecule has 10 rings (SSSR count). The zero-order chi connectivity index (χ0) is 33.0. The quantitative estimate of drug-likeness (QED) is 0.188. The first kappa shape index (κ1) is 28.3. The van der Waals surface area contributed by atoms with E-state index in [1.54, 1.807) is 0 Å². The lowest BCUT2D eigenvalue weighted by Crippen LogP contribution is -2.10. The summed E-state index contributed by atoms with van der Waals surface area (Å²) in [5.41, 5.74) is 10.4. The van der Waals surface area contributed by atoms with Crippen molar-refractivity contribution < 1.29 is 4.42 Å². The maximum atomic E-state index is 6.44. The van der Waals surface area contributed by atoms with Gasteiger partial charge in [-0.1, -0.05) is 127 Å². The fraction of sp³-hybridized carbons (Fsp3) is 0. The molecule has 0 aliphatic carbocycles. The highest BCUT2D eigenvalue weighted by molar-refractivity contribution is 6.13. The molecular weight excluding hydrogens is 609 g/mol. The maximum Gasteiger partial charge on any atom is 0.161 e. The van der Waals surface area contributed by atoms with Crippen LogP contribution in [0.1, 0.15) is 0 Å². The number of anilines is 3. The third-order valence-electron chi connectivity index (χ3n) is 9.86. The second kappa shape index (κ2) is 11.5. The Hall–Kier alpha value is -6.71. The monoisotopic (exact) mass is 638 g/mol.